The lowest BCUT2D eigenvalue weighted by Gasteiger charge is -2.39. The van der Waals surface area contributed by atoms with Crippen molar-refractivity contribution in [3.8, 4) is 5.75 Å². The second-order valence-electron chi connectivity index (χ2n) is 9.79. The summed E-state index contributed by atoms with van der Waals surface area (Å²) < 4.78 is 5.39. The summed E-state index contributed by atoms with van der Waals surface area (Å²) in [5, 5.41) is 3.18. The van der Waals surface area contributed by atoms with Gasteiger partial charge in [-0.25, -0.2) is 0 Å². The number of carbonyl (C=O) groups excluding carboxylic acids is 2. The third kappa shape index (κ3) is 5.16. The third-order valence-corrected chi connectivity index (χ3v) is 5.84. The van der Waals surface area contributed by atoms with Crippen LogP contribution in [0.2, 0.25) is 0 Å². The molecule has 1 heterocycles. The van der Waals surface area contributed by atoms with Gasteiger partial charge in [0, 0.05) is 25.7 Å². The molecule has 1 unspecified atom stereocenters. The fraction of sp³-hybridized carbons (Fsp3) is 0.462. The molecule has 1 atom stereocenters. The Hall–Kier alpha value is -2.66. The number of ether oxygens (including phenoxy) is 1. The number of aryl methyl sites for hydroxylation is 1. The number of carbonyl (C=O) groups is 2. The number of anilines is 1. The van der Waals surface area contributed by atoms with Crippen LogP contribution in [-0.2, 0) is 16.0 Å². The maximum absolute atomic E-state index is 13.6. The average molecular weight is 423 g/mol. The molecule has 0 aliphatic carbocycles. The molecule has 0 bridgehead atoms. The van der Waals surface area contributed by atoms with Gasteiger partial charge in [0.1, 0.15) is 11.8 Å². The Morgan fingerprint density at radius 3 is 2.45 bits per heavy atom. The molecule has 1 amide bonds. The first-order chi connectivity index (χ1) is 14.5. The molecule has 3 rings (SSSR count). The molecule has 0 saturated carbocycles. The van der Waals surface area contributed by atoms with E-state index < -0.39 is 0 Å². The summed E-state index contributed by atoms with van der Waals surface area (Å²) in [5.74, 6) is 0.193. The Bertz CT molecular complexity index is 1000. The van der Waals surface area contributed by atoms with Crippen LogP contribution in [0.3, 0.4) is 0 Å². The molecular formula is C26H34N2O3. The quantitative estimate of drug-likeness (QED) is 0.549. The first kappa shape index (κ1) is 23.0. The molecule has 0 saturated heterocycles. The lowest BCUT2D eigenvalue weighted by Crippen LogP contribution is -2.45. The number of hydrogen-bond acceptors (Lipinski definition) is 4. The molecule has 1 N–H and O–H groups in total. The topological polar surface area (TPSA) is 58.6 Å². The van der Waals surface area contributed by atoms with Crippen molar-refractivity contribution in [2.45, 2.75) is 60.9 Å². The van der Waals surface area contributed by atoms with Gasteiger partial charge in [-0.2, -0.15) is 0 Å². The van der Waals surface area contributed by atoms with E-state index in [1.165, 1.54) is 12.5 Å². The zero-order valence-electron chi connectivity index (χ0n) is 19.8. The third-order valence-electron chi connectivity index (χ3n) is 5.84. The zero-order chi connectivity index (χ0) is 22.9. The highest BCUT2D eigenvalue weighted by molar-refractivity contribution is 5.97. The van der Waals surface area contributed by atoms with Crippen LogP contribution in [0, 0.1) is 26.2 Å². The van der Waals surface area contributed by atoms with E-state index in [4.69, 9.17) is 4.74 Å². The van der Waals surface area contributed by atoms with Gasteiger partial charge in [-0.15, -0.1) is 0 Å². The van der Waals surface area contributed by atoms with Crippen LogP contribution in [0.5, 0.6) is 5.75 Å². The molecule has 5 nitrogen and oxygen atoms in total. The van der Waals surface area contributed by atoms with E-state index in [0.29, 0.717) is 5.75 Å². The molecule has 2 aromatic carbocycles. The molecule has 2 aromatic rings. The second kappa shape index (κ2) is 8.83. The molecule has 0 spiro atoms. The van der Waals surface area contributed by atoms with Crippen LogP contribution in [0.4, 0.5) is 5.69 Å². The predicted octanol–water partition coefficient (Wildman–Crippen LogP) is 5.12. The fourth-order valence-corrected chi connectivity index (χ4v) is 4.40. The summed E-state index contributed by atoms with van der Waals surface area (Å²) in [6.45, 7) is 15.4. The largest absolute Gasteiger partial charge is 0.426 e. The van der Waals surface area contributed by atoms with Gasteiger partial charge in [0.05, 0.1) is 0 Å². The van der Waals surface area contributed by atoms with Gasteiger partial charge in [-0.3, -0.25) is 14.5 Å². The Morgan fingerprint density at radius 1 is 1.13 bits per heavy atom. The van der Waals surface area contributed by atoms with E-state index in [9.17, 15) is 9.59 Å². The highest BCUT2D eigenvalue weighted by Crippen LogP contribution is 2.36. The molecular weight excluding hydrogens is 388 g/mol. The van der Waals surface area contributed by atoms with Gasteiger partial charge in [-0.1, -0.05) is 45.0 Å². The van der Waals surface area contributed by atoms with Crippen molar-refractivity contribution in [3.05, 3.63) is 58.1 Å². The van der Waals surface area contributed by atoms with Gasteiger partial charge in [-0.05, 0) is 66.5 Å². The number of amides is 1. The van der Waals surface area contributed by atoms with Crippen molar-refractivity contribution >= 4 is 17.6 Å². The minimum Gasteiger partial charge on any atom is -0.426 e. The first-order valence-electron chi connectivity index (χ1n) is 10.9. The first-order valence-corrected chi connectivity index (χ1v) is 10.9. The van der Waals surface area contributed by atoms with Gasteiger partial charge in [0.2, 0.25) is 5.91 Å². The van der Waals surface area contributed by atoms with Crippen molar-refractivity contribution in [2.24, 2.45) is 5.41 Å². The van der Waals surface area contributed by atoms with E-state index in [-0.39, 0.29) is 23.3 Å². The highest BCUT2D eigenvalue weighted by Gasteiger charge is 2.35. The maximum Gasteiger partial charge on any atom is 0.308 e. The van der Waals surface area contributed by atoms with Crippen molar-refractivity contribution in [1.82, 2.24) is 4.90 Å². The summed E-state index contributed by atoms with van der Waals surface area (Å²) in [6, 6.07) is 9.79. The van der Waals surface area contributed by atoms with Gasteiger partial charge in [0.15, 0.2) is 0 Å². The Morgan fingerprint density at radius 2 is 1.81 bits per heavy atom. The summed E-state index contributed by atoms with van der Waals surface area (Å²) in [7, 11) is 0. The summed E-state index contributed by atoms with van der Waals surface area (Å²) in [5.41, 5.74) is 5.75. The van der Waals surface area contributed by atoms with Crippen molar-refractivity contribution in [2.75, 3.05) is 18.4 Å². The van der Waals surface area contributed by atoms with E-state index in [2.05, 4.69) is 43.1 Å². The average Bonchev–Trinajstić information content (AvgIpc) is 2.67. The number of benzene rings is 2. The van der Waals surface area contributed by atoms with Crippen molar-refractivity contribution < 1.29 is 14.3 Å². The highest BCUT2D eigenvalue weighted by atomic mass is 16.5. The van der Waals surface area contributed by atoms with Crippen LogP contribution in [0.25, 0.3) is 0 Å². The Kier molecular flexibility index (Phi) is 6.56. The Balaban J connectivity index is 1.96. The van der Waals surface area contributed by atoms with E-state index in [0.717, 1.165) is 47.5 Å². The number of nitrogens with one attached hydrogen (secondary N) is 1. The molecule has 0 fully saturated rings. The van der Waals surface area contributed by atoms with Crippen LogP contribution in [0.15, 0.2) is 30.3 Å². The molecule has 166 valence electrons. The monoisotopic (exact) mass is 422 g/mol. The summed E-state index contributed by atoms with van der Waals surface area (Å²) in [4.78, 5) is 27.4. The lowest BCUT2D eigenvalue weighted by molar-refractivity contribution is -0.132. The summed E-state index contributed by atoms with van der Waals surface area (Å²) >= 11 is 0. The number of fused-ring (bicyclic) bond motifs is 1. The van der Waals surface area contributed by atoms with Crippen molar-refractivity contribution in [1.29, 1.82) is 0 Å². The molecule has 0 aromatic heterocycles. The van der Waals surface area contributed by atoms with Crippen molar-refractivity contribution in [3.63, 3.8) is 0 Å². The van der Waals surface area contributed by atoms with Crippen LogP contribution >= 0.6 is 0 Å². The van der Waals surface area contributed by atoms with E-state index in [1.807, 2.05) is 39.0 Å². The minimum absolute atomic E-state index is 0.0291. The van der Waals surface area contributed by atoms with Gasteiger partial charge < -0.3 is 10.1 Å². The molecule has 5 heteroatoms. The molecule has 0 radical (unpaired) electrons. The molecule has 31 heavy (non-hydrogen) atoms. The standard InChI is InChI=1S/C26H34N2O3/c1-16-14-22(17(2)18(3)24(16)31-19(4)29)27-25(30)23-21-11-9-8-10-20(21)12-13-28(23)15-26(5,6)7/h8-11,14,23H,12-13,15H2,1-7H3,(H,27,30). The van der Waals surface area contributed by atoms with Crippen LogP contribution < -0.4 is 10.1 Å². The van der Waals surface area contributed by atoms with Gasteiger partial charge in [0.25, 0.3) is 0 Å². The van der Waals surface area contributed by atoms with E-state index >= 15 is 0 Å². The smallest absolute Gasteiger partial charge is 0.308 e. The second-order valence-corrected chi connectivity index (χ2v) is 9.79. The predicted molar refractivity (Wildman–Crippen MR) is 125 cm³/mol. The maximum atomic E-state index is 13.6. The summed E-state index contributed by atoms with van der Waals surface area (Å²) in [6.07, 6.45) is 0.949. The normalized spacial score (nSPS) is 16.5. The number of esters is 1. The van der Waals surface area contributed by atoms with Crippen LogP contribution in [-0.4, -0.2) is 29.9 Å². The molecule has 1 aliphatic rings. The number of nitrogens with zero attached hydrogens (tertiary/aromatic N) is 1. The SMILES string of the molecule is CC(=O)Oc1c(C)cc(NC(=O)C2c3ccccc3CCN2CC(C)(C)C)c(C)c1C. The Labute approximate surface area is 185 Å². The number of hydrogen-bond donors (Lipinski definition) is 1. The minimum atomic E-state index is -0.348. The lowest BCUT2D eigenvalue weighted by atomic mass is 9.88. The zero-order valence-corrected chi connectivity index (χ0v) is 19.8. The van der Waals surface area contributed by atoms with E-state index in [1.54, 1.807) is 0 Å². The fourth-order valence-electron chi connectivity index (χ4n) is 4.40. The number of rotatable bonds is 4. The van der Waals surface area contributed by atoms with Crippen LogP contribution in [0.1, 0.15) is 61.6 Å². The molecule has 1 aliphatic heterocycles. The van der Waals surface area contributed by atoms with Gasteiger partial charge >= 0.3 is 5.97 Å².